The molecule has 136 valence electrons. The molecule has 25 heavy (non-hydrogen) atoms. The van der Waals surface area contributed by atoms with E-state index in [2.05, 4.69) is 40.3 Å². The van der Waals surface area contributed by atoms with Gasteiger partial charge in [0, 0.05) is 12.6 Å². The minimum absolute atomic E-state index is 0.110. The lowest BCUT2D eigenvalue weighted by molar-refractivity contribution is 0.247. The number of rotatable bonds is 7. The quantitative estimate of drug-likeness (QED) is 0.793. The summed E-state index contributed by atoms with van der Waals surface area (Å²) in [6.07, 6.45) is 2.37. The Kier molecular flexibility index (Phi) is 5.94. The fraction of sp³-hybridized carbons (Fsp3) is 0.474. The van der Waals surface area contributed by atoms with Gasteiger partial charge in [0.25, 0.3) is 0 Å². The van der Waals surface area contributed by atoms with Gasteiger partial charge in [-0.2, -0.15) is 11.3 Å². The van der Waals surface area contributed by atoms with Gasteiger partial charge < -0.3 is 0 Å². The lowest BCUT2D eigenvalue weighted by Crippen LogP contribution is -2.36. The molecule has 3 rings (SSSR count). The Hall–Kier alpha value is -1.21. The number of sulfonamides is 1. The predicted octanol–water partition coefficient (Wildman–Crippen LogP) is 3.99. The number of thiophene rings is 1. The molecular formula is C19H26N2O2S2. The highest BCUT2D eigenvalue weighted by molar-refractivity contribution is 7.89. The van der Waals surface area contributed by atoms with Crippen LogP contribution in [0.4, 0.5) is 0 Å². The Labute approximate surface area is 154 Å². The van der Waals surface area contributed by atoms with E-state index in [9.17, 15) is 8.42 Å². The predicted molar refractivity (Wildman–Crippen MR) is 104 cm³/mol. The molecule has 0 unspecified atom stereocenters. The van der Waals surface area contributed by atoms with E-state index in [1.807, 2.05) is 12.1 Å². The van der Waals surface area contributed by atoms with Crippen molar-refractivity contribution in [2.75, 3.05) is 19.6 Å². The average Bonchev–Trinajstić information content (AvgIpc) is 3.29. The fourth-order valence-corrected chi connectivity index (χ4v) is 5.02. The largest absolute Gasteiger partial charge is 0.295 e. The molecule has 0 bridgehead atoms. The second kappa shape index (κ2) is 7.99. The molecule has 2 aromatic rings. The molecule has 1 fully saturated rings. The van der Waals surface area contributed by atoms with Gasteiger partial charge in [-0.15, -0.1) is 0 Å². The molecular weight excluding hydrogens is 352 g/mol. The van der Waals surface area contributed by atoms with Gasteiger partial charge in [-0.05, 0) is 71.9 Å². The minimum atomic E-state index is -3.49. The first-order valence-electron chi connectivity index (χ1n) is 8.83. The van der Waals surface area contributed by atoms with Crippen LogP contribution in [0.1, 0.15) is 49.8 Å². The average molecular weight is 379 g/mol. The van der Waals surface area contributed by atoms with Crippen LogP contribution >= 0.6 is 11.3 Å². The smallest absolute Gasteiger partial charge is 0.240 e. The molecule has 0 aliphatic carbocycles. The molecule has 0 amide bonds. The molecule has 0 saturated carbocycles. The molecule has 4 nitrogen and oxygen atoms in total. The number of benzene rings is 1. The number of hydrogen-bond donors (Lipinski definition) is 1. The third kappa shape index (κ3) is 4.50. The summed E-state index contributed by atoms with van der Waals surface area (Å²) in [5, 5.41) is 4.17. The summed E-state index contributed by atoms with van der Waals surface area (Å²) in [6, 6.07) is 9.41. The molecule has 2 heterocycles. The molecule has 6 heteroatoms. The van der Waals surface area contributed by atoms with Crippen LogP contribution in [0.15, 0.2) is 46.0 Å². The number of hydrogen-bond acceptors (Lipinski definition) is 4. The molecule has 1 aromatic heterocycles. The van der Waals surface area contributed by atoms with Crippen LogP contribution < -0.4 is 4.72 Å². The lowest BCUT2D eigenvalue weighted by atomic mass is 10.0. The summed E-state index contributed by atoms with van der Waals surface area (Å²) in [5.74, 6) is 0.392. The molecule has 1 atom stereocenters. The molecule has 1 saturated heterocycles. The first kappa shape index (κ1) is 18.6. The van der Waals surface area contributed by atoms with Gasteiger partial charge in [0.15, 0.2) is 0 Å². The van der Waals surface area contributed by atoms with Crippen molar-refractivity contribution in [2.45, 2.75) is 43.5 Å². The van der Waals surface area contributed by atoms with E-state index in [0.717, 1.165) is 18.7 Å². The first-order valence-corrected chi connectivity index (χ1v) is 11.3. The van der Waals surface area contributed by atoms with Gasteiger partial charge in [0.1, 0.15) is 0 Å². The second-order valence-corrected chi connectivity index (χ2v) is 9.44. The Morgan fingerprint density at radius 2 is 1.76 bits per heavy atom. The summed E-state index contributed by atoms with van der Waals surface area (Å²) in [6.45, 7) is 6.67. The standard InChI is InChI=1S/C19H26N2O2S2/c1-15(2)16-5-7-18(8-6-16)25(22,23)20-13-19(17-9-12-24-14-17)21-10-3-4-11-21/h5-9,12,14-15,19-20H,3-4,10-11,13H2,1-2H3/t19-/m1/s1. The van der Waals surface area contributed by atoms with Crippen LogP contribution in [0.5, 0.6) is 0 Å². The summed E-state index contributed by atoms with van der Waals surface area (Å²) < 4.78 is 28.2. The maximum absolute atomic E-state index is 12.7. The van der Waals surface area contributed by atoms with Gasteiger partial charge in [0.2, 0.25) is 10.0 Å². The van der Waals surface area contributed by atoms with E-state index >= 15 is 0 Å². The van der Waals surface area contributed by atoms with Crippen molar-refractivity contribution in [2.24, 2.45) is 0 Å². The normalized spacial score (nSPS) is 17.2. The number of nitrogens with one attached hydrogen (secondary N) is 1. The zero-order valence-electron chi connectivity index (χ0n) is 14.8. The highest BCUT2D eigenvalue weighted by Crippen LogP contribution is 2.27. The summed E-state index contributed by atoms with van der Waals surface area (Å²) in [4.78, 5) is 2.72. The fourth-order valence-electron chi connectivity index (χ4n) is 3.28. The van der Waals surface area contributed by atoms with Crippen molar-refractivity contribution in [3.05, 3.63) is 52.2 Å². The van der Waals surface area contributed by atoms with Crippen molar-refractivity contribution >= 4 is 21.4 Å². The van der Waals surface area contributed by atoms with Crippen LogP contribution in [0.25, 0.3) is 0 Å². The van der Waals surface area contributed by atoms with Gasteiger partial charge in [-0.3, -0.25) is 4.90 Å². The summed E-state index contributed by atoms with van der Waals surface area (Å²) in [5.41, 5.74) is 2.34. The minimum Gasteiger partial charge on any atom is -0.295 e. The van der Waals surface area contributed by atoms with Gasteiger partial charge in [-0.1, -0.05) is 26.0 Å². The summed E-state index contributed by atoms with van der Waals surface area (Å²) >= 11 is 1.66. The lowest BCUT2D eigenvalue weighted by Gasteiger charge is -2.27. The SMILES string of the molecule is CC(C)c1ccc(S(=O)(=O)NC[C@H](c2ccsc2)N2CCCC2)cc1. The molecule has 1 aliphatic rings. The van der Waals surface area contributed by atoms with Crippen molar-refractivity contribution in [1.82, 2.24) is 9.62 Å². The second-order valence-electron chi connectivity index (χ2n) is 6.89. The summed E-state index contributed by atoms with van der Waals surface area (Å²) in [7, 11) is -3.49. The Bertz CT molecular complexity index is 762. The molecule has 0 spiro atoms. The van der Waals surface area contributed by atoms with E-state index in [0.29, 0.717) is 17.4 Å². The van der Waals surface area contributed by atoms with E-state index in [1.165, 1.54) is 18.4 Å². The number of nitrogens with zero attached hydrogens (tertiary/aromatic N) is 1. The number of likely N-dealkylation sites (tertiary alicyclic amines) is 1. The van der Waals surface area contributed by atoms with Gasteiger partial charge in [0.05, 0.1) is 4.90 Å². The third-order valence-electron chi connectivity index (χ3n) is 4.83. The molecule has 1 aromatic carbocycles. The maximum Gasteiger partial charge on any atom is 0.240 e. The van der Waals surface area contributed by atoms with Crippen LogP contribution in [0, 0.1) is 0 Å². The zero-order valence-corrected chi connectivity index (χ0v) is 16.4. The van der Waals surface area contributed by atoms with Crippen molar-refractivity contribution < 1.29 is 8.42 Å². The van der Waals surface area contributed by atoms with Crippen molar-refractivity contribution in [3.63, 3.8) is 0 Å². The topological polar surface area (TPSA) is 49.4 Å². The van der Waals surface area contributed by atoms with Crippen LogP contribution in [-0.2, 0) is 10.0 Å². The Morgan fingerprint density at radius 3 is 2.32 bits per heavy atom. The third-order valence-corrected chi connectivity index (χ3v) is 6.97. The molecule has 0 radical (unpaired) electrons. The van der Waals surface area contributed by atoms with Crippen molar-refractivity contribution in [1.29, 1.82) is 0 Å². The zero-order chi connectivity index (χ0) is 17.9. The van der Waals surface area contributed by atoms with E-state index < -0.39 is 10.0 Å². The van der Waals surface area contributed by atoms with Crippen LogP contribution in [0.2, 0.25) is 0 Å². The van der Waals surface area contributed by atoms with E-state index in [4.69, 9.17) is 0 Å². The van der Waals surface area contributed by atoms with E-state index in [1.54, 1.807) is 23.5 Å². The molecule has 1 N–H and O–H groups in total. The highest BCUT2D eigenvalue weighted by Gasteiger charge is 2.26. The van der Waals surface area contributed by atoms with Crippen LogP contribution in [0.3, 0.4) is 0 Å². The Morgan fingerprint density at radius 1 is 1.08 bits per heavy atom. The highest BCUT2D eigenvalue weighted by atomic mass is 32.2. The first-order chi connectivity index (χ1) is 12.0. The Balaban J connectivity index is 1.72. The van der Waals surface area contributed by atoms with E-state index in [-0.39, 0.29) is 6.04 Å². The maximum atomic E-state index is 12.7. The van der Waals surface area contributed by atoms with Gasteiger partial charge >= 0.3 is 0 Å². The molecule has 1 aliphatic heterocycles. The monoisotopic (exact) mass is 378 g/mol. The van der Waals surface area contributed by atoms with Crippen molar-refractivity contribution in [3.8, 4) is 0 Å². The van der Waals surface area contributed by atoms with Crippen LogP contribution in [-0.4, -0.2) is 33.0 Å². The van der Waals surface area contributed by atoms with Gasteiger partial charge in [-0.25, -0.2) is 13.1 Å².